The van der Waals surface area contributed by atoms with E-state index in [1.807, 2.05) is 0 Å². The molecule has 1 aromatic carbocycles. The first-order valence-corrected chi connectivity index (χ1v) is 8.64. The van der Waals surface area contributed by atoms with Crippen molar-refractivity contribution in [3.63, 3.8) is 0 Å². The quantitative estimate of drug-likeness (QED) is 0.595. The number of nitrogens with one attached hydrogen (secondary N) is 1. The van der Waals surface area contributed by atoms with Crippen molar-refractivity contribution in [3.05, 3.63) is 53.2 Å². The fourth-order valence-electron chi connectivity index (χ4n) is 2.99. The van der Waals surface area contributed by atoms with Gasteiger partial charge in [-0.2, -0.15) is 0 Å². The standard InChI is InChI=1S/C20H22N2O6/c1-5-13-9-7-8-10-14(13)18-17(19(25)28-6-2)12(3)21-20(26)22(18)15(23)11-16(24)27-4/h5,7-10,18H,1,6,11H2,2-4H3,(H,21,26). The van der Waals surface area contributed by atoms with Gasteiger partial charge in [0.1, 0.15) is 12.5 Å². The Bertz CT molecular complexity index is 858. The maximum Gasteiger partial charge on any atom is 0.338 e. The number of ether oxygens (including phenoxy) is 2. The molecule has 8 nitrogen and oxygen atoms in total. The third kappa shape index (κ3) is 4.11. The third-order valence-electron chi connectivity index (χ3n) is 4.25. The number of methoxy groups -OCH3 is 1. The zero-order valence-electron chi connectivity index (χ0n) is 16.0. The van der Waals surface area contributed by atoms with Gasteiger partial charge in [-0.05, 0) is 25.0 Å². The predicted octanol–water partition coefficient (Wildman–Crippen LogP) is 2.32. The predicted molar refractivity (Wildman–Crippen MR) is 101 cm³/mol. The van der Waals surface area contributed by atoms with Gasteiger partial charge in [0.25, 0.3) is 0 Å². The molecule has 0 saturated carbocycles. The minimum Gasteiger partial charge on any atom is -0.469 e. The lowest BCUT2D eigenvalue weighted by atomic mass is 9.90. The second-order valence-electron chi connectivity index (χ2n) is 5.94. The molecule has 1 N–H and O–H groups in total. The van der Waals surface area contributed by atoms with Crippen LogP contribution in [0.4, 0.5) is 4.79 Å². The Morgan fingerprint density at radius 1 is 1.29 bits per heavy atom. The summed E-state index contributed by atoms with van der Waals surface area (Å²) in [6.45, 7) is 7.08. The molecular formula is C20H22N2O6. The van der Waals surface area contributed by atoms with Crippen molar-refractivity contribution in [2.24, 2.45) is 0 Å². The lowest BCUT2D eigenvalue weighted by molar-refractivity contribution is -0.146. The monoisotopic (exact) mass is 386 g/mol. The number of allylic oxidation sites excluding steroid dienone is 1. The molecule has 8 heteroatoms. The van der Waals surface area contributed by atoms with E-state index in [4.69, 9.17) is 4.74 Å². The van der Waals surface area contributed by atoms with Crippen LogP contribution in [0.5, 0.6) is 0 Å². The molecule has 0 spiro atoms. The molecule has 2 rings (SSSR count). The van der Waals surface area contributed by atoms with Gasteiger partial charge in [0, 0.05) is 5.70 Å². The van der Waals surface area contributed by atoms with Crippen LogP contribution in [-0.4, -0.2) is 42.5 Å². The Morgan fingerprint density at radius 2 is 1.96 bits per heavy atom. The normalized spacial score (nSPS) is 16.3. The molecule has 1 atom stereocenters. The number of imide groups is 1. The van der Waals surface area contributed by atoms with Crippen LogP contribution in [0.1, 0.15) is 37.4 Å². The molecule has 0 radical (unpaired) electrons. The number of urea groups is 1. The first-order valence-electron chi connectivity index (χ1n) is 8.64. The largest absolute Gasteiger partial charge is 0.469 e. The SMILES string of the molecule is C=Cc1ccccc1C1C(C(=O)OCC)=C(C)NC(=O)N1C(=O)CC(=O)OC. The Hall–Kier alpha value is -3.42. The number of nitrogens with zero attached hydrogens (tertiary/aromatic N) is 1. The summed E-state index contributed by atoms with van der Waals surface area (Å²) in [6, 6.07) is 5.10. The van der Waals surface area contributed by atoms with Crippen LogP contribution in [0.25, 0.3) is 6.08 Å². The number of carbonyl (C=O) groups excluding carboxylic acids is 4. The van der Waals surface area contributed by atoms with E-state index in [1.165, 1.54) is 0 Å². The highest BCUT2D eigenvalue weighted by atomic mass is 16.5. The molecule has 1 unspecified atom stereocenters. The van der Waals surface area contributed by atoms with Crippen molar-refractivity contribution in [2.45, 2.75) is 26.3 Å². The summed E-state index contributed by atoms with van der Waals surface area (Å²) in [5.41, 5.74) is 1.52. The molecule has 3 amide bonds. The number of hydrogen-bond acceptors (Lipinski definition) is 6. The number of amides is 3. The van der Waals surface area contributed by atoms with Gasteiger partial charge in [0.15, 0.2) is 0 Å². The molecule has 28 heavy (non-hydrogen) atoms. The van der Waals surface area contributed by atoms with E-state index in [2.05, 4.69) is 16.6 Å². The molecule has 0 bridgehead atoms. The van der Waals surface area contributed by atoms with Gasteiger partial charge in [0.05, 0.1) is 19.3 Å². The van der Waals surface area contributed by atoms with Crippen LogP contribution in [0.15, 0.2) is 42.1 Å². The lowest BCUT2D eigenvalue weighted by Gasteiger charge is -2.36. The number of carbonyl (C=O) groups is 4. The lowest BCUT2D eigenvalue weighted by Crippen LogP contribution is -2.51. The van der Waals surface area contributed by atoms with Crippen molar-refractivity contribution in [3.8, 4) is 0 Å². The van der Waals surface area contributed by atoms with Crippen molar-refractivity contribution >= 4 is 30.0 Å². The molecule has 148 valence electrons. The summed E-state index contributed by atoms with van der Waals surface area (Å²) < 4.78 is 9.67. The van der Waals surface area contributed by atoms with E-state index in [0.29, 0.717) is 11.1 Å². The van der Waals surface area contributed by atoms with Crippen LogP contribution in [0, 0.1) is 0 Å². The van der Waals surface area contributed by atoms with Crippen LogP contribution in [0.3, 0.4) is 0 Å². The maximum absolute atomic E-state index is 12.8. The van der Waals surface area contributed by atoms with Gasteiger partial charge in [-0.1, -0.05) is 36.9 Å². The Morgan fingerprint density at radius 3 is 2.57 bits per heavy atom. The molecule has 0 aromatic heterocycles. The van der Waals surface area contributed by atoms with E-state index in [1.54, 1.807) is 44.2 Å². The molecule has 0 saturated heterocycles. The number of rotatable bonds is 6. The van der Waals surface area contributed by atoms with Crippen LogP contribution < -0.4 is 5.32 Å². The smallest absolute Gasteiger partial charge is 0.338 e. The van der Waals surface area contributed by atoms with Crippen LogP contribution in [0.2, 0.25) is 0 Å². The molecular weight excluding hydrogens is 364 g/mol. The summed E-state index contributed by atoms with van der Waals surface area (Å²) in [7, 11) is 1.14. The summed E-state index contributed by atoms with van der Waals surface area (Å²) in [5, 5.41) is 2.50. The van der Waals surface area contributed by atoms with Gasteiger partial charge in [-0.15, -0.1) is 0 Å². The topological polar surface area (TPSA) is 102 Å². The molecule has 1 heterocycles. The molecule has 1 aliphatic heterocycles. The average Bonchev–Trinajstić information content (AvgIpc) is 2.67. The van der Waals surface area contributed by atoms with Gasteiger partial charge in [-0.25, -0.2) is 9.59 Å². The van der Waals surface area contributed by atoms with Crippen molar-refractivity contribution in [2.75, 3.05) is 13.7 Å². The van der Waals surface area contributed by atoms with Crippen molar-refractivity contribution in [1.29, 1.82) is 0 Å². The first kappa shape index (κ1) is 20.9. The maximum atomic E-state index is 12.8. The second kappa shape index (κ2) is 8.98. The summed E-state index contributed by atoms with van der Waals surface area (Å²) in [5.74, 6) is -2.26. The third-order valence-corrected chi connectivity index (χ3v) is 4.25. The summed E-state index contributed by atoms with van der Waals surface area (Å²) in [6.07, 6.45) is 0.911. The number of esters is 2. The highest BCUT2D eigenvalue weighted by Gasteiger charge is 2.42. The van der Waals surface area contributed by atoms with E-state index in [0.717, 1.165) is 12.0 Å². The second-order valence-corrected chi connectivity index (χ2v) is 5.94. The van der Waals surface area contributed by atoms with E-state index in [-0.39, 0.29) is 17.9 Å². The first-order chi connectivity index (χ1) is 13.3. The van der Waals surface area contributed by atoms with Crippen molar-refractivity contribution < 1.29 is 28.7 Å². The molecule has 0 fully saturated rings. The van der Waals surface area contributed by atoms with Crippen molar-refractivity contribution in [1.82, 2.24) is 10.2 Å². The Balaban J connectivity index is 2.67. The highest BCUT2D eigenvalue weighted by molar-refractivity contribution is 6.06. The van der Waals surface area contributed by atoms with E-state index >= 15 is 0 Å². The number of benzene rings is 1. The molecule has 1 aliphatic rings. The molecule has 1 aromatic rings. The fourth-order valence-corrected chi connectivity index (χ4v) is 2.99. The summed E-state index contributed by atoms with van der Waals surface area (Å²) >= 11 is 0. The van der Waals surface area contributed by atoms with Gasteiger partial charge in [-0.3, -0.25) is 14.5 Å². The average molecular weight is 386 g/mol. The van der Waals surface area contributed by atoms with E-state index < -0.39 is 36.3 Å². The van der Waals surface area contributed by atoms with Gasteiger partial charge < -0.3 is 14.8 Å². The fraction of sp³-hybridized carbons (Fsp3) is 0.300. The van der Waals surface area contributed by atoms with E-state index in [9.17, 15) is 19.2 Å². The minimum absolute atomic E-state index is 0.106. The van der Waals surface area contributed by atoms with Crippen LogP contribution >= 0.6 is 0 Å². The zero-order valence-corrected chi connectivity index (χ0v) is 16.0. The zero-order chi connectivity index (χ0) is 20.8. The minimum atomic E-state index is -1.07. The number of hydrogen-bond donors (Lipinski definition) is 1. The molecule has 0 aliphatic carbocycles. The highest BCUT2D eigenvalue weighted by Crippen LogP contribution is 2.36. The van der Waals surface area contributed by atoms with Gasteiger partial charge in [0.2, 0.25) is 5.91 Å². The van der Waals surface area contributed by atoms with Gasteiger partial charge >= 0.3 is 18.0 Å². The Kier molecular flexibility index (Phi) is 6.70. The van der Waals surface area contributed by atoms with Crippen LogP contribution in [-0.2, 0) is 23.9 Å². The Labute approximate surface area is 162 Å². The summed E-state index contributed by atoms with van der Waals surface area (Å²) in [4.78, 5) is 50.5.